The molecule has 2 aromatic rings. The summed E-state index contributed by atoms with van der Waals surface area (Å²) in [6.45, 7) is 2.00. The molecule has 20 heavy (non-hydrogen) atoms. The van der Waals surface area contributed by atoms with E-state index in [1.807, 2.05) is 12.3 Å². The van der Waals surface area contributed by atoms with E-state index >= 15 is 0 Å². The van der Waals surface area contributed by atoms with Gasteiger partial charge in [-0.05, 0) is 53.9 Å². The molecular formula is C15H17ClN2OS. The van der Waals surface area contributed by atoms with E-state index in [1.54, 1.807) is 36.6 Å². The third-order valence-corrected chi connectivity index (χ3v) is 3.96. The fraction of sp³-hybridized carbons (Fsp3) is 0.267. The SMILES string of the molecule is CNc1ccc(Cl)cc1C(=O)NC(C)Cc1ccsc1. The number of thiophene rings is 1. The molecule has 0 fully saturated rings. The molecule has 0 saturated heterocycles. The number of hydrogen-bond donors (Lipinski definition) is 2. The molecule has 0 aliphatic heterocycles. The summed E-state index contributed by atoms with van der Waals surface area (Å²) in [6, 6.07) is 7.40. The molecule has 1 heterocycles. The predicted molar refractivity (Wildman–Crippen MR) is 85.9 cm³/mol. The Morgan fingerprint density at radius 3 is 2.85 bits per heavy atom. The maximum atomic E-state index is 12.3. The molecule has 2 N–H and O–H groups in total. The Morgan fingerprint density at radius 1 is 1.40 bits per heavy atom. The van der Waals surface area contributed by atoms with Crippen molar-refractivity contribution in [3.63, 3.8) is 0 Å². The van der Waals surface area contributed by atoms with E-state index in [4.69, 9.17) is 11.6 Å². The first-order valence-electron chi connectivity index (χ1n) is 6.39. The molecule has 106 valence electrons. The number of nitrogens with one attached hydrogen (secondary N) is 2. The Morgan fingerprint density at radius 2 is 2.20 bits per heavy atom. The summed E-state index contributed by atoms with van der Waals surface area (Å²) in [4.78, 5) is 12.3. The maximum absolute atomic E-state index is 12.3. The van der Waals surface area contributed by atoms with Crippen LogP contribution in [0.2, 0.25) is 5.02 Å². The average Bonchev–Trinajstić information content (AvgIpc) is 2.91. The zero-order valence-corrected chi connectivity index (χ0v) is 13.0. The molecule has 2 rings (SSSR count). The Hall–Kier alpha value is -1.52. The topological polar surface area (TPSA) is 41.1 Å². The van der Waals surface area contributed by atoms with E-state index in [-0.39, 0.29) is 11.9 Å². The van der Waals surface area contributed by atoms with Crippen LogP contribution in [-0.4, -0.2) is 19.0 Å². The second-order valence-corrected chi connectivity index (χ2v) is 5.87. The highest BCUT2D eigenvalue weighted by molar-refractivity contribution is 7.07. The smallest absolute Gasteiger partial charge is 0.253 e. The summed E-state index contributed by atoms with van der Waals surface area (Å²) in [5.41, 5.74) is 2.58. The van der Waals surface area contributed by atoms with E-state index in [1.165, 1.54) is 5.56 Å². The van der Waals surface area contributed by atoms with E-state index in [9.17, 15) is 4.79 Å². The Kier molecular flexibility index (Phi) is 5.04. The Labute approximate surface area is 128 Å². The fourth-order valence-electron chi connectivity index (χ4n) is 2.04. The largest absolute Gasteiger partial charge is 0.387 e. The van der Waals surface area contributed by atoms with Crippen LogP contribution in [0.3, 0.4) is 0 Å². The van der Waals surface area contributed by atoms with Crippen LogP contribution in [0.5, 0.6) is 0 Å². The van der Waals surface area contributed by atoms with Crippen molar-refractivity contribution in [2.24, 2.45) is 0 Å². The van der Waals surface area contributed by atoms with Crippen molar-refractivity contribution in [3.8, 4) is 0 Å². The highest BCUT2D eigenvalue weighted by Crippen LogP contribution is 2.20. The lowest BCUT2D eigenvalue weighted by Crippen LogP contribution is -2.34. The van der Waals surface area contributed by atoms with Crippen molar-refractivity contribution in [3.05, 3.63) is 51.2 Å². The van der Waals surface area contributed by atoms with Crippen molar-refractivity contribution >= 4 is 34.5 Å². The molecule has 1 unspecified atom stereocenters. The van der Waals surface area contributed by atoms with Gasteiger partial charge in [0.2, 0.25) is 0 Å². The molecule has 0 bridgehead atoms. The van der Waals surface area contributed by atoms with Gasteiger partial charge in [-0.2, -0.15) is 11.3 Å². The van der Waals surface area contributed by atoms with Crippen molar-refractivity contribution in [2.45, 2.75) is 19.4 Å². The van der Waals surface area contributed by atoms with E-state index in [0.29, 0.717) is 10.6 Å². The zero-order chi connectivity index (χ0) is 14.5. The van der Waals surface area contributed by atoms with Crippen LogP contribution in [0.25, 0.3) is 0 Å². The molecule has 1 amide bonds. The van der Waals surface area contributed by atoms with Crippen molar-refractivity contribution in [2.75, 3.05) is 12.4 Å². The van der Waals surface area contributed by atoms with E-state index < -0.39 is 0 Å². The highest BCUT2D eigenvalue weighted by atomic mass is 35.5. The molecule has 1 aromatic carbocycles. The number of amides is 1. The lowest BCUT2D eigenvalue weighted by molar-refractivity contribution is 0.0941. The summed E-state index contributed by atoms with van der Waals surface area (Å²) in [6.07, 6.45) is 0.824. The minimum absolute atomic E-state index is 0.0702. The van der Waals surface area contributed by atoms with Crippen molar-refractivity contribution in [1.82, 2.24) is 5.32 Å². The van der Waals surface area contributed by atoms with Crippen molar-refractivity contribution < 1.29 is 4.79 Å². The van der Waals surface area contributed by atoms with Gasteiger partial charge in [-0.3, -0.25) is 4.79 Å². The average molecular weight is 309 g/mol. The molecule has 0 saturated carbocycles. The predicted octanol–water partition coefficient (Wildman–Crippen LogP) is 3.80. The summed E-state index contributed by atoms with van der Waals surface area (Å²) in [7, 11) is 1.79. The van der Waals surface area contributed by atoms with E-state index in [2.05, 4.69) is 22.1 Å². The maximum Gasteiger partial charge on any atom is 0.253 e. The third kappa shape index (κ3) is 3.74. The van der Waals surface area contributed by atoms with Crippen LogP contribution in [0.15, 0.2) is 35.0 Å². The first kappa shape index (κ1) is 14.9. The van der Waals surface area contributed by atoms with Gasteiger partial charge in [-0.15, -0.1) is 0 Å². The molecule has 0 aliphatic rings. The van der Waals surface area contributed by atoms with Crippen LogP contribution in [0.1, 0.15) is 22.8 Å². The van der Waals surface area contributed by atoms with Crippen molar-refractivity contribution in [1.29, 1.82) is 0 Å². The lowest BCUT2D eigenvalue weighted by atomic mass is 10.1. The molecular weight excluding hydrogens is 292 g/mol. The molecule has 5 heteroatoms. The summed E-state index contributed by atoms with van der Waals surface area (Å²) in [5.74, 6) is -0.112. The minimum atomic E-state index is -0.112. The van der Waals surface area contributed by atoms with Crippen LogP contribution in [-0.2, 0) is 6.42 Å². The standard InChI is InChI=1S/C15H17ClN2OS/c1-10(7-11-5-6-20-9-11)18-15(19)13-8-12(16)3-4-14(13)17-2/h3-6,8-10,17H,7H2,1-2H3,(H,18,19). The Balaban J connectivity index is 2.06. The number of halogens is 1. The normalized spacial score (nSPS) is 11.9. The molecule has 0 radical (unpaired) electrons. The van der Waals surface area contributed by atoms with Gasteiger partial charge in [0.05, 0.1) is 5.56 Å². The monoisotopic (exact) mass is 308 g/mol. The van der Waals surface area contributed by atoms with Crippen LogP contribution in [0, 0.1) is 0 Å². The number of carbonyl (C=O) groups excluding carboxylic acids is 1. The van der Waals surface area contributed by atoms with Crippen LogP contribution in [0.4, 0.5) is 5.69 Å². The minimum Gasteiger partial charge on any atom is -0.387 e. The summed E-state index contributed by atoms with van der Waals surface area (Å²) >= 11 is 7.63. The zero-order valence-electron chi connectivity index (χ0n) is 11.4. The second-order valence-electron chi connectivity index (χ2n) is 4.65. The quantitative estimate of drug-likeness (QED) is 0.882. The molecule has 3 nitrogen and oxygen atoms in total. The van der Waals surface area contributed by atoms with Gasteiger partial charge >= 0.3 is 0 Å². The third-order valence-electron chi connectivity index (χ3n) is 3.00. The van der Waals surface area contributed by atoms with Gasteiger partial charge < -0.3 is 10.6 Å². The summed E-state index contributed by atoms with van der Waals surface area (Å²) < 4.78 is 0. The number of benzene rings is 1. The molecule has 1 aromatic heterocycles. The van der Waals surface area contributed by atoms with Gasteiger partial charge in [-0.1, -0.05) is 11.6 Å². The molecule has 0 spiro atoms. The fourth-order valence-corrected chi connectivity index (χ4v) is 2.89. The van der Waals surface area contributed by atoms with Gasteiger partial charge in [-0.25, -0.2) is 0 Å². The number of rotatable bonds is 5. The van der Waals surface area contributed by atoms with E-state index in [0.717, 1.165) is 12.1 Å². The van der Waals surface area contributed by atoms with Crippen LogP contribution < -0.4 is 10.6 Å². The lowest BCUT2D eigenvalue weighted by Gasteiger charge is -2.15. The Bertz CT molecular complexity index is 584. The number of carbonyl (C=O) groups is 1. The molecule has 0 aliphatic carbocycles. The summed E-state index contributed by atoms with van der Waals surface area (Å²) in [5, 5.41) is 10.7. The van der Waals surface area contributed by atoms with Gasteiger partial charge in [0.25, 0.3) is 5.91 Å². The molecule has 1 atom stereocenters. The number of anilines is 1. The number of hydrogen-bond acceptors (Lipinski definition) is 3. The first-order chi connectivity index (χ1) is 9.60. The first-order valence-corrected chi connectivity index (χ1v) is 7.71. The van der Waals surface area contributed by atoms with Crippen LogP contribution >= 0.6 is 22.9 Å². The van der Waals surface area contributed by atoms with Gasteiger partial charge in [0.15, 0.2) is 0 Å². The second kappa shape index (κ2) is 6.77. The van der Waals surface area contributed by atoms with Gasteiger partial charge in [0, 0.05) is 23.8 Å². The highest BCUT2D eigenvalue weighted by Gasteiger charge is 2.14. The van der Waals surface area contributed by atoms with Gasteiger partial charge in [0.1, 0.15) is 0 Å².